The molecule has 0 radical (unpaired) electrons. The van der Waals surface area contributed by atoms with Crippen LogP contribution in [-0.4, -0.2) is 22.8 Å². The maximum Gasteiger partial charge on any atom is 0.417 e. The van der Waals surface area contributed by atoms with E-state index < -0.39 is 36.6 Å². The highest BCUT2D eigenvalue weighted by atomic mass is 32.2. The van der Waals surface area contributed by atoms with Gasteiger partial charge in [0.2, 0.25) is 0 Å². The summed E-state index contributed by atoms with van der Waals surface area (Å²) in [5, 5.41) is 20.3. The van der Waals surface area contributed by atoms with Crippen LogP contribution in [0.5, 0.6) is 0 Å². The predicted octanol–water partition coefficient (Wildman–Crippen LogP) is 3.46. The van der Waals surface area contributed by atoms with Gasteiger partial charge in [0, 0.05) is 12.1 Å². The van der Waals surface area contributed by atoms with Gasteiger partial charge >= 0.3 is 6.18 Å². The molecule has 26 heavy (non-hydrogen) atoms. The molecule has 0 aliphatic carbocycles. The molecule has 2 aromatic carbocycles. The molecule has 0 aliphatic rings. The van der Waals surface area contributed by atoms with Gasteiger partial charge in [-0.1, -0.05) is 12.1 Å². The topological polar surface area (TPSA) is 141 Å². The molecule has 0 fully saturated rings. The number of non-ortho nitro benzene ring substituents is 2. The Bertz CT molecular complexity index is 900. The van der Waals surface area contributed by atoms with E-state index in [1.807, 2.05) is 0 Å². The summed E-state index contributed by atoms with van der Waals surface area (Å²) >= 11 is 0. The Labute approximate surface area is 143 Å². The molecule has 0 bridgehead atoms. The maximum absolute atomic E-state index is 12.2. The average Bonchev–Trinajstić information content (AvgIpc) is 2.54. The highest BCUT2D eigenvalue weighted by Gasteiger charge is 2.36. The monoisotopic (exact) mass is 394 g/mol. The fourth-order valence-electron chi connectivity index (χ4n) is 1.65. The Morgan fingerprint density at radius 3 is 1.69 bits per heavy atom. The molecule has 0 aromatic heterocycles. The third-order valence-electron chi connectivity index (χ3n) is 2.72. The summed E-state index contributed by atoms with van der Waals surface area (Å²) in [5.41, 5.74) is -1.92. The number of rotatable bonds is 3. The van der Waals surface area contributed by atoms with Crippen LogP contribution < -0.4 is 0 Å². The van der Waals surface area contributed by atoms with Gasteiger partial charge in [0.1, 0.15) is 4.90 Å². The standard InChI is InChI=1S/C7H5F3O3S.C6H4N2O4/c8-7(9,10)5-3-1-2-4-6(5)14(11,12)13;9-7(10)5-2-1-3-6(4-5)8(11)12/h1-4H,(H,11,12,13);1-4H. The van der Waals surface area contributed by atoms with Gasteiger partial charge in [-0.3, -0.25) is 24.8 Å². The lowest BCUT2D eigenvalue weighted by Crippen LogP contribution is -2.12. The number of halogens is 3. The number of benzene rings is 2. The highest BCUT2D eigenvalue weighted by molar-refractivity contribution is 7.85. The molecule has 13 heteroatoms. The minimum Gasteiger partial charge on any atom is -0.282 e. The molecule has 1 N–H and O–H groups in total. The van der Waals surface area contributed by atoms with Crippen LogP contribution in [0.15, 0.2) is 53.4 Å². The van der Waals surface area contributed by atoms with Crippen LogP contribution in [0.4, 0.5) is 24.5 Å². The van der Waals surface area contributed by atoms with Crippen molar-refractivity contribution in [2.45, 2.75) is 11.1 Å². The van der Waals surface area contributed by atoms with Crippen LogP contribution in [0.25, 0.3) is 0 Å². The van der Waals surface area contributed by atoms with Gasteiger partial charge in [-0.25, -0.2) is 0 Å². The van der Waals surface area contributed by atoms with Crippen molar-refractivity contribution in [1.82, 2.24) is 0 Å². The molecular formula is C13H9F3N2O7S. The predicted molar refractivity (Wildman–Crippen MR) is 81.0 cm³/mol. The fraction of sp³-hybridized carbons (Fsp3) is 0.0769. The van der Waals surface area contributed by atoms with Gasteiger partial charge < -0.3 is 0 Å². The molecule has 0 saturated heterocycles. The van der Waals surface area contributed by atoms with Gasteiger partial charge in [-0.05, 0) is 18.2 Å². The Morgan fingerprint density at radius 2 is 1.35 bits per heavy atom. The average molecular weight is 394 g/mol. The minimum absolute atomic E-state index is 0.274. The second kappa shape index (κ2) is 7.88. The van der Waals surface area contributed by atoms with Gasteiger partial charge in [0.05, 0.1) is 21.5 Å². The van der Waals surface area contributed by atoms with E-state index in [0.29, 0.717) is 12.1 Å². The Kier molecular flexibility index (Phi) is 6.36. The molecular weight excluding hydrogens is 385 g/mol. The molecule has 0 saturated carbocycles. The summed E-state index contributed by atoms with van der Waals surface area (Å²) < 4.78 is 66.2. The largest absolute Gasteiger partial charge is 0.417 e. The Balaban J connectivity index is 0.000000263. The minimum atomic E-state index is -4.84. The normalized spacial score (nSPS) is 11.2. The van der Waals surface area contributed by atoms with E-state index in [1.165, 1.54) is 18.2 Å². The lowest BCUT2D eigenvalue weighted by atomic mass is 10.2. The van der Waals surface area contributed by atoms with Crippen molar-refractivity contribution >= 4 is 21.5 Å². The number of alkyl halides is 3. The smallest absolute Gasteiger partial charge is 0.282 e. The quantitative estimate of drug-likeness (QED) is 0.477. The zero-order chi connectivity index (χ0) is 20.1. The van der Waals surface area contributed by atoms with Crippen molar-refractivity contribution in [1.29, 1.82) is 0 Å². The van der Waals surface area contributed by atoms with Gasteiger partial charge in [-0.2, -0.15) is 21.6 Å². The first-order valence-corrected chi connectivity index (χ1v) is 7.80. The van der Waals surface area contributed by atoms with Gasteiger partial charge in [0.25, 0.3) is 21.5 Å². The summed E-state index contributed by atoms with van der Waals surface area (Å²) in [6, 6.07) is 8.01. The second-order valence-corrected chi connectivity index (χ2v) is 5.89. The Hall–Kier alpha value is -3.06. The lowest BCUT2D eigenvalue weighted by molar-refractivity contribution is -0.394. The van der Waals surface area contributed by atoms with Crippen LogP contribution in [0, 0.1) is 20.2 Å². The van der Waals surface area contributed by atoms with E-state index in [2.05, 4.69) is 0 Å². The summed E-state index contributed by atoms with van der Waals surface area (Å²) in [6.45, 7) is 0. The zero-order valence-electron chi connectivity index (χ0n) is 12.5. The molecule has 140 valence electrons. The number of nitrogens with zero attached hydrogens (tertiary/aromatic N) is 2. The number of hydrogen-bond acceptors (Lipinski definition) is 6. The SMILES string of the molecule is O=S(=O)(O)c1ccccc1C(F)(F)F.O=[N+]([O-])c1cccc([N+](=O)[O-])c1. The van der Waals surface area contributed by atoms with E-state index in [-0.39, 0.29) is 11.4 Å². The van der Waals surface area contributed by atoms with Crippen molar-refractivity contribution < 1.29 is 36.0 Å². The highest BCUT2D eigenvalue weighted by Crippen LogP contribution is 2.33. The van der Waals surface area contributed by atoms with Crippen LogP contribution in [0.3, 0.4) is 0 Å². The van der Waals surface area contributed by atoms with Crippen molar-refractivity contribution in [3.63, 3.8) is 0 Å². The van der Waals surface area contributed by atoms with Crippen LogP contribution in [-0.2, 0) is 16.3 Å². The maximum atomic E-state index is 12.2. The number of hydrogen-bond donors (Lipinski definition) is 1. The van der Waals surface area contributed by atoms with Crippen LogP contribution in [0.1, 0.15) is 5.56 Å². The van der Waals surface area contributed by atoms with Crippen LogP contribution in [0.2, 0.25) is 0 Å². The van der Waals surface area contributed by atoms with E-state index >= 15 is 0 Å². The van der Waals surface area contributed by atoms with Crippen LogP contribution >= 0.6 is 0 Å². The van der Waals surface area contributed by atoms with E-state index in [0.717, 1.165) is 18.2 Å². The molecule has 0 unspecified atom stereocenters. The molecule has 2 aromatic rings. The zero-order valence-corrected chi connectivity index (χ0v) is 13.3. The van der Waals surface area contributed by atoms with E-state index in [4.69, 9.17) is 4.55 Å². The Morgan fingerprint density at radius 1 is 0.885 bits per heavy atom. The molecule has 0 amide bonds. The molecule has 9 nitrogen and oxygen atoms in total. The second-order valence-electron chi connectivity index (χ2n) is 4.50. The van der Waals surface area contributed by atoms with Crippen molar-refractivity contribution in [3.05, 3.63) is 74.3 Å². The molecule has 2 rings (SSSR count). The summed E-state index contributed by atoms with van der Waals surface area (Å²) in [6.07, 6.45) is -4.80. The van der Waals surface area contributed by atoms with Gasteiger partial charge in [0.15, 0.2) is 0 Å². The number of nitro groups is 2. The van der Waals surface area contributed by atoms with Crippen molar-refractivity contribution in [2.75, 3.05) is 0 Å². The first kappa shape index (κ1) is 21.0. The fourth-order valence-corrected chi connectivity index (χ4v) is 2.36. The number of nitro benzene ring substituents is 2. The van der Waals surface area contributed by atoms with Crippen molar-refractivity contribution in [2.24, 2.45) is 0 Å². The van der Waals surface area contributed by atoms with Gasteiger partial charge in [-0.15, -0.1) is 0 Å². The molecule has 0 heterocycles. The summed E-state index contributed by atoms with van der Waals surface area (Å²) in [5.74, 6) is 0. The third-order valence-corrected chi connectivity index (χ3v) is 3.63. The first-order valence-electron chi connectivity index (χ1n) is 6.36. The molecule has 0 aliphatic heterocycles. The van der Waals surface area contributed by atoms with E-state index in [9.17, 15) is 41.8 Å². The summed E-state index contributed by atoms with van der Waals surface area (Å²) in [7, 11) is -4.84. The van der Waals surface area contributed by atoms with Crippen molar-refractivity contribution in [3.8, 4) is 0 Å². The molecule has 0 spiro atoms. The summed E-state index contributed by atoms with van der Waals surface area (Å²) in [4.78, 5) is 17.8. The van der Waals surface area contributed by atoms with E-state index in [1.54, 1.807) is 0 Å². The first-order chi connectivity index (χ1) is 11.8. The molecule has 0 atom stereocenters. The lowest BCUT2D eigenvalue weighted by Gasteiger charge is -2.09. The third kappa shape index (κ3) is 5.78.